The van der Waals surface area contributed by atoms with Crippen LogP contribution in [0.4, 0.5) is 0 Å². The predicted molar refractivity (Wildman–Crippen MR) is 66.6 cm³/mol. The highest BCUT2D eigenvalue weighted by Crippen LogP contribution is 2.35. The Morgan fingerprint density at radius 2 is 1.94 bits per heavy atom. The van der Waals surface area contributed by atoms with Gasteiger partial charge in [0.15, 0.2) is 0 Å². The molecule has 0 saturated carbocycles. The average molecular weight is 246 g/mol. The van der Waals surface area contributed by atoms with Gasteiger partial charge in [-0.2, -0.15) is 10.5 Å². The first kappa shape index (κ1) is 13.4. The third-order valence-electron chi connectivity index (χ3n) is 2.73. The number of carbonyl (C=O) groups is 1. The summed E-state index contributed by atoms with van der Waals surface area (Å²) in [5.74, 6) is -0.00971. The summed E-state index contributed by atoms with van der Waals surface area (Å²) in [7, 11) is 0. The van der Waals surface area contributed by atoms with Gasteiger partial charge in [0.2, 0.25) is 0 Å². The van der Waals surface area contributed by atoms with Crippen molar-refractivity contribution in [3.05, 3.63) is 21.4 Å². The van der Waals surface area contributed by atoms with Gasteiger partial charge in [-0.3, -0.25) is 4.79 Å². The first-order chi connectivity index (χ1) is 7.86. The molecule has 17 heavy (non-hydrogen) atoms. The zero-order valence-corrected chi connectivity index (χ0v) is 11.2. The average Bonchev–Trinajstić information content (AvgIpc) is 2.70. The van der Waals surface area contributed by atoms with E-state index in [0.29, 0.717) is 16.0 Å². The van der Waals surface area contributed by atoms with Crippen molar-refractivity contribution in [2.75, 3.05) is 0 Å². The SMILES string of the molecule is CC(C)C(=O)C(C)(C)c1scc(C#N)c1C#N. The number of rotatable bonds is 3. The maximum Gasteiger partial charge on any atom is 0.146 e. The molecule has 0 spiro atoms. The molecule has 0 unspecified atom stereocenters. The molecule has 0 aromatic carbocycles. The Morgan fingerprint density at radius 1 is 1.35 bits per heavy atom. The summed E-state index contributed by atoms with van der Waals surface area (Å²) in [5.41, 5.74) is -0.00689. The minimum atomic E-state index is -0.709. The van der Waals surface area contributed by atoms with Crippen molar-refractivity contribution in [3.63, 3.8) is 0 Å². The van der Waals surface area contributed by atoms with E-state index in [9.17, 15) is 4.79 Å². The third-order valence-corrected chi connectivity index (χ3v) is 4.04. The number of ketones is 1. The Balaban J connectivity index is 3.36. The van der Waals surface area contributed by atoms with Crippen LogP contribution >= 0.6 is 11.3 Å². The first-order valence-corrected chi connectivity index (χ1v) is 6.20. The van der Waals surface area contributed by atoms with Crippen LogP contribution < -0.4 is 0 Å². The van der Waals surface area contributed by atoms with Crippen LogP contribution in [0.5, 0.6) is 0 Å². The van der Waals surface area contributed by atoms with E-state index in [4.69, 9.17) is 10.5 Å². The molecule has 88 valence electrons. The Kier molecular flexibility index (Phi) is 3.70. The number of nitrogens with zero attached hydrogens (tertiary/aromatic N) is 2. The van der Waals surface area contributed by atoms with Crippen molar-refractivity contribution in [2.45, 2.75) is 33.1 Å². The van der Waals surface area contributed by atoms with E-state index in [0.717, 1.165) is 0 Å². The number of hydrogen-bond acceptors (Lipinski definition) is 4. The lowest BCUT2D eigenvalue weighted by Gasteiger charge is -2.24. The smallest absolute Gasteiger partial charge is 0.146 e. The summed E-state index contributed by atoms with van der Waals surface area (Å²) in [6, 6.07) is 4.01. The summed E-state index contributed by atoms with van der Waals surface area (Å²) in [5, 5.41) is 19.6. The van der Waals surface area contributed by atoms with Gasteiger partial charge in [-0.25, -0.2) is 0 Å². The molecule has 1 aromatic heterocycles. The molecule has 0 N–H and O–H groups in total. The molecule has 0 bridgehead atoms. The number of carbonyl (C=O) groups excluding carboxylic acids is 1. The highest BCUT2D eigenvalue weighted by molar-refractivity contribution is 7.10. The van der Waals surface area contributed by atoms with Crippen molar-refractivity contribution < 1.29 is 4.79 Å². The first-order valence-electron chi connectivity index (χ1n) is 5.32. The fraction of sp³-hybridized carbons (Fsp3) is 0.462. The molecule has 1 rings (SSSR count). The third kappa shape index (κ3) is 2.23. The Labute approximate surface area is 105 Å². The van der Waals surface area contributed by atoms with E-state index in [1.54, 1.807) is 5.38 Å². The lowest BCUT2D eigenvalue weighted by molar-refractivity contribution is -0.126. The molecule has 4 heteroatoms. The second-order valence-corrected chi connectivity index (χ2v) is 5.60. The fourth-order valence-electron chi connectivity index (χ4n) is 1.84. The molecule has 0 aliphatic carbocycles. The van der Waals surface area contributed by atoms with Crippen LogP contribution in [0, 0.1) is 28.6 Å². The minimum Gasteiger partial charge on any atom is -0.298 e. The standard InChI is InChI=1S/C13H14N2OS/c1-8(2)11(16)13(3,4)12-10(6-15)9(5-14)7-17-12/h7-8H,1-4H3. The quantitative estimate of drug-likeness (QED) is 0.823. The van der Waals surface area contributed by atoms with Gasteiger partial charge in [0, 0.05) is 16.2 Å². The Hall–Kier alpha value is -1.65. The normalized spacial score (nSPS) is 11.0. The Bertz CT molecular complexity index is 527. The zero-order chi connectivity index (χ0) is 13.2. The molecular formula is C13H14N2OS. The van der Waals surface area contributed by atoms with Crippen LogP contribution in [0.2, 0.25) is 0 Å². The summed E-state index contributed by atoms with van der Waals surface area (Å²) in [4.78, 5) is 12.8. The molecule has 0 radical (unpaired) electrons. The largest absolute Gasteiger partial charge is 0.298 e. The van der Waals surface area contributed by atoms with Gasteiger partial charge in [-0.05, 0) is 13.8 Å². The molecule has 0 amide bonds. The zero-order valence-electron chi connectivity index (χ0n) is 10.4. The van der Waals surface area contributed by atoms with Gasteiger partial charge >= 0.3 is 0 Å². The summed E-state index contributed by atoms with van der Waals surface area (Å²) in [6.07, 6.45) is 0. The summed E-state index contributed by atoms with van der Waals surface area (Å²) < 4.78 is 0. The van der Waals surface area contributed by atoms with Crippen LogP contribution in [0.1, 0.15) is 43.7 Å². The molecule has 0 atom stereocenters. The lowest BCUT2D eigenvalue weighted by atomic mass is 9.79. The van der Waals surface area contributed by atoms with Crippen molar-refractivity contribution >= 4 is 17.1 Å². The van der Waals surface area contributed by atoms with Gasteiger partial charge in [0.05, 0.1) is 16.5 Å². The van der Waals surface area contributed by atoms with E-state index in [-0.39, 0.29) is 11.7 Å². The monoisotopic (exact) mass is 246 g/mol. The molecule has 1 heterocycles. The number of nitriles is 2. The van der Waals surface area contributed by atoms with Gasteiger partial charge in [-0.1, -0.05) is 13.8 Å². The molecule has 3 nitrogen and oxygen atoms in total. The van der Waals surface area contributed by atoms with Crippen molar-refractivity contribution in [2.24, 2.45) is 5.92 Å². The Morgan fingerprint density at radius 3 is 2.35 bits per heavy atom. The van der Waals surface area contributed by atoms with Gasteiger partial charge < -0.3 is 0 Å². The van der Waals surface area contributed by atoms with Crippen molar-refractivity contribution in [1.82, 2.24) is 0 Å². The topological polar surface area (TPSA) is 64.7 Å². The maximum atomic E-state index is 12.1. The summed E-state index contributed by atoms with van der Waals surface area (Å²) in [6.45, 7) is 7.30. The summed E-state index contributed by atoms with van der Waals surface area (Å²) >= 11 is 1.31. The predicted octanol–water partition coefficient (Wildman–Crippen LogP) is 2.99. The minimum absolute atomic E-state index is 0.0836. The molecule has 0 fully saturated rings. The number of Topliss-reactive ketones (excluding diaryl/α,β-unsaturated/α-hetero) is 1. The highest BCUT2D eigenvalue weighted by Gasteiger charge is 2.35. The van der Waals surface area contributed by atoms with Gasteiger partial charge in [0.1, 0.15) is 17.9 Å². The van der Waals surface area contributed by atoms with E-state index < -0.39 is 5.41 Å². The van der Waals surface area contributed by atoms with Gasteiger partial charge in [-0.15, -0.1) is 11.3 Å². The van der Waals surface area contributed by atoms with Crippen LogP contribution in [-0.2, 0) is 10.2 Å². The maximum absolute atomic E-state index is 12.1. The molecule has 1 aromatic rings. The number of hydrogen-bond donors (Lipinski definition) is 0. The van der Waals surface area contributed by atoms with E-state index >= 15 is 0 Å². The van der Waals surface area contributed by atoms with Crippen molar-refractivity contribution in [3.8, 4) is 12.1 Å². The molecule has 0 saturated heterocycles. The second-order valence-electron chi connectivity index (χ2n) is 4.72. The van der Waals surface area contributed by atoms with Crippen LogP contribution in [0.3, 0.4) is 0 Å². The van der Waals surface area contributed by atoms with Gasteiger partial charge in [0.25, 0.3) is 0 Å². The van der Waals surface area contributed by atoms with E-state index in [1.807, 2.05) is 39.8 Å². The van der Waals surface area contributed by atoms with E-state index in [2.05, 4.69) is 0 Å². The van der Waals surface area contributed by atoms with Crippen LogP contribution in [0.25, 0.3) is 0 Å². The van der Waals surface area contributed by atoms with Crippen LogP contribution in [0.15, 0.2) is 5.38 Å². The molecule has 0 aliphatic heterocycles. The molecule has 0 aliphatic rings. The highest BCUT2D eigenvalue weighted by atomic mass is 32.1. The van der Waals surface area contributed by atoms with Crippen molar-refractivity contribution in [1.29, 1.82) is 10.5 Å². The number of thiophene rings is 1. The second kappa shape index (κ2) is 4.69. The lowest BCUT2D eigenvalue weighted by Crippen LogP contribution is -2.32. The molecular weight excluding hydrogens is 232 g/mol. The van der Waals surface area contributed by atoms with Crippen LogP contribution in [-0.4, -0.2) is 5.78 Å². The van der Waals surface area contributed by atoms with E-state index in [1.165, 1.54) is 11.3 Å². The fourth-order valence-corrected chi connectivity index (χ4v) is 2.92.